The second-order valence-corrected chi connectivity index (χ2v) is 8.42. The van der Waals surface area contributed by atoms with E-state index in [2.05, 4.69) is 28.8 Å². The van der Waals surface area contributed by atoms with Crippen LogP contribution >= 0.6 is 0 Å². The number of aryl methyl sites for hydroxylation is 1. The van der Waals surface area contributed by atoms with Crippen LogP contribution in [-0.4, -0.2) is 18.2 Å². The monoisotopic (exact) mass is 389 g/mol. The molecule has 0 radical (unpaired) electrons. The summed E-state index contributed by atoms with van der Waals surface area (Å²) in [6.07, 6.45) is 9.58. The van der Waals surface area contributed by atoms with Crippen molar-refractivity contribution in [3.8, 4) is 0 Å². The van der Waals surface area contributed by atoms with Crippen molar-refractivity contribution < 1.29 is 4.79 Å². The maximum absolute atomic E-state index is 12.9. The van der Waals surface area contributed by atoms with Crippen molar-refractivity contribution in [2.45, 2.75) is 57.4 Å². The van der Waals surface area contributed by atoms with Crippen LogP contribution in [0, 0.1) is 11.3 Å². The summed E-state index contributed by atoms with van der Waals surface area (Å²) in [4.78, 5) is 12.9. The van der Waals surface area contributed by atoms with Gasteiger partial charge in [0.25, 0.3) is 5.91 Å². The topological polar surface area (TPSA) is 65.0 Å². The van der Waals surface area contributed by atoms with Crippen LogP contribution in [0.5, 0.6) is 0 Å². The lowest BCUT2D eigenvalue weighted by atomic mass is 9.87. The molecule has 4 nitrogen and oxygen atoms in total. The van der Waals surface area contributed by atoms with E-state index in [1.165, 1.54) is 43.2 Å². The third-order valence-corrected chi connectivity index (χ3v) is 6.40. The molecule has 1 fully saturated rings. The largest absolute Gasteiger partial charge is 0.384 e. The highest BCUT2D eigenvalue weighted by atomic mass is 16.1. The van der Waals surface area contributed by atoms with Crippen molar-refractivity contribution in [3.05, 3.63) is 65.2 Å². The van der Waals surface area contributed by atoms with Gasteiger partial charge < -0.3 is 10.6 Å². The van der Waals surface area contributed by atoms with E-state index in [9.17, 15) is 4.79 Å². The van der Waals surface area contributed by atoms with Gasteiger partial charge in [-0.2, -0.15) is 0 Å². The maximum atomic E-state index is 12.9. The molecular weight excluding hydrogens is 358 g/mol. The molecule has 2 aliphatic rings. The Kier molecular flexibility index (Phi) is 6.28. The molecule has 0 heterocycles. The summed E-state index contributed by atoms with van der Waals surface area (Å²) in [7, 11) is 0. The second-order valence-electron chi connectivity index (χ2n) is 8.42. The minimum Gasteiger partial charge on any atom is -0.384 e. The molecule has 0 spiro atoms. The number of fused-ring (bicyclic) bond motifs is 1. The zero-order valence-corrected chi connectivity index (χ0v) is 17.0. The molecule has 1 atom stereocenters. The Bertz CT molecular complexity index is 870. The number of carbonyl (C=O) groups excluding carboxylic acids is 1. The molecule has 0 aliphatic heterocycles. The average molecular weight is 390 g/mol. The smallest absolute Gasteiger partial charge is 0.270 e. The lowest BCUT2D eigenvalue weighted by Gasteiger charge is -2.26. The lowest BCUT2D eigenvalue weighted by molar-refractivity contribution is -0.115. The van der Waals surface area contributed by atoms with Crippen molar-refractivity contribution in [2.24, 2.45) is 5.92 Å². The van der Waals surface area contributed by atoms with Gasteiger partial charge in [0, 0.05) is 17.8 Å². The summed E-state index contributed by atoms with van der Waals surface area (Å²) in [5.74, 6) is 0.400. The minimum absolute atomic E-state index is 0.00448. The van der Waals surface area contributed by atoms with E-state index in [-0.39, 0.29) is 17.7 Å². The first-order chi connectivity index (χ1) is 14.2. The predicted octanol–water partition coefficient (Wildman–Crippen LogP) is 5.24. The first kappa shape index (κ1) is 19.7. The fourth-order valence-corrected chi connectivity index (χ4v) is 4.76. The highest BCUT2D eigenvalue weighted by molar-refractivity contribution is 6.45. The van der Waals surface area contributed by atoms with Gasteiger partial charge in [-0.1, -0.05) is 61.7 Å². The number of amides is 1. The summed E-state index contributed by atoms with van der Waals surface area (Å²) >= 11 is 0. The third kappa shape index (κ3) is 4.69. The van der Waals surface area contributed by atoms with Gasteiger partial charge >= 0.3 is 0 Å². The maximum Gasteiger partial charge on any atom is 0.270 e. The summed E-state index contributed by atoms with van der Waals surface area (Å²) in [6, 6.07) is 16.0. The van der Waals surface area contributed by atoms with Gasteiger partial charge in [0.1, 0.15) is 5.71 Å². The number of benzene rings is 2. The Morgan fingerprint density at radius 1 is 0.931 bits per heavy atom. The predicted molar refractivity (Wildman–Crippen MR) is 119 cm³/mol. The highest BCUT2D eigenvalue weighted by Crippen LogP contribution is 2.30. The average Bonchev–Trinajstić information content (AvgIpc) is 2.78. The molecule has 3 N–H and O–H groups in total. The molecule has 1 unspecified atom stereocenters. The van der Waals surface area contributed by atoms with Gasteiger partial charge in [-0.25, -0.2) is 0 Å². The van der Waals surface area contributed by atoms with Crippen molar-refractivity contribution >= 4 is 17.3 Å². The number of nitrogens with one attached hydrogen (secondary N) is 3. The van der Waals surface area contributed by atoms with Crippen LogP contribution in [0.2, 0.25) is 0 Å². The van der Waals surface area contributed by atoms with E-state index in [1.54, 1.807) is 0 Å². The van der Waals surface area contributed by atoms with Crippen LogP contribution < -0.4 is 10.6 Å². The Morgan fingerprint density at radius 3 is 2.55 bits per heavy atom. The van der Waals surface area contributed by atoms with Crippen LogP contribution in [0.15, 0.2) is 48.5 Å². The van der Waals surface area contributed by atoms with Crippen molar-refractivity contribution in [2.75, 3.05) is 11.9 Å². The molecule has 2 aliphatic carbocycles. The Labute approximate surface area is 173 Å². The fraction of sp³-hybridized carbons (Fsp3) is 0.440. The Hall–Kier alpha value is -2.62. The van der Waals surface area contributed by atoms with E-state index in [0.29, 0.717) is 11.5 Å². The molecule has 2 aromatic carbocycles. The third-order valence-electron chi connectivity index (χ3n) is 6.40. The molecule has 152 valence electrons. The zero-order chi connectivity index (χ0) is 20.1. The van der Waals surface area contributed by atoms with Gasteiger partial charge in [0.05, 0.1) is 6.04 Å². The normalized spacial score (nSPS) is 19.2. The van der Waals surface area contributed by atoms with Crippen molar-refractivity contribution in [1.29, 1.82) is 5.41 Å². The standard InChI is InChI=1S/C25H31N3O/c26-24(25(29)28-23-16-8-12-19-11-4-5-13-20(19)23)21-14-6-7-15-22(21)27-17-18-9-2-1-3-10-18/h4-7,11,13-15,18,23,26-27H,1-3,8-10,12,16-17H2,(H,28,29). The van der Waals surface area contributed by atoms with Gasteiger partial charge in [-0.15, -0.1) is 0 Å². The quantitative estimate of drug-likeness (QED) is 0.592. The second kappa shape index (κ2) is 9.25. The van der Waals surface area contributed by atoms with Crippen LogP contribution in [-0.2, 0) is 11.2 Å². The molecule has 0 aromatic heterocycles. The molecule has 2 aromatic rings. The number of anilines is 1. The van der Waals surface area contributed by atoms with E-state index >= 15 is 0 Å². The number of para-hydroxylation sites is 1. The molecule has 0 saturated heterocycles. The van der Waals surface area contributed by atoms with Gasteiger partial charge in [0.2, 0.25) is 0 Å². The van der Waals surface area contributed by atoms with Crippen molar-refractivity contribution in [1.82, 2.24) is 5.32 Å². The highest BCUT2D eigenvalue weighted by Gasteiger charge is 2.24. The van der Waals surface area contributed by atoms with Crippen LogP contribution in [0.1, 0.15) is 67.7 Å². The first-order valence-corrected chi connectivity index (χ1v) is 11.0. The fourth-order valence-electron chi connectivity index (χ4n) is 4.76. The SMILES string of the molecule is N=C(C(=O)NC1CCCc2ccccc21)c1ccccc1NCC1CCCCC1. The van der Waals surface area contributed by atoms with E-state index in [0.717, 1.165) is 31.5 Å². The molecule has 1 saturated carbocycles. The number of hydrogen-bond donors (Lipinski definition) is 3. The summed E-state index contributed by atoms with van der Waals surface area (Å²) < 4.78 is 0. The minimum atomic E-state index is -0.293. The molecular formula is C25H31N3O. The Balaban J connectivity index is 1.43. The van der Waals surface area contributed by atoms with Crippen molar-refractivity contribution in [3.63, 3.8) is 0 Å². The molecule has 4 heteroatoms. The van der Waals surface area contributed by atoms with Gasteiger partial charge in [0.15, 0.2) is 0 Å². The number of rotatable bonds is 6. The summed E-state index contributed by atoms with van der Waals surface area (Å²) in [5.41, 5.74) is 4.13. The molecule has 29 heavy (non-hydrogen) atoms. The van der Waals surface area contributed by atoms with E-state index in [4.69, 9.17) is 5.41 Å². The van der Waals surface area contributed by atoms with E-state index in [1.807, 2.05) is 30.3 Å². The molecule has 0 bridgehead atoms. The van der Waals surface area contributed by atoms with Gasteiger partial charge in [-0.3, -0.25) is 10.2 Å². The van der Waals surface area contributed by atoms with Gasteiger partial charge in [-0.05, 0) is 55.2 Å². The summed E-state index contributed by atoms with van der Waals surface area (Å²) in [5, 5.41) is 15.2. The van der Waals surface area contributed by atoms with Crippen LogP contribution in [0.4, 0.5) is 5.69 Å². The van der Waals surface area contributed by atoms with Crippen LogP contribution in [0.3, 0.4) is 0 Å². The lowest BCUT2D eigenvalue weighted by Crippen LogP contribution is -2.36. The molecule has 1 amide bonds. The Morgan fingerprint density at radius 2 is 1.69 bits per heavy atom. The zero-order valence-electron chi connectivity index (χ0n) is 17.0. The number of hydrogen-bond acceptors (Lipinski definition) is 3. The summed E-state index contributed by atoms with van der Waals surface area (Å²) in [6.45, 7) is 0.919. The van der Waals surface area contributed by atoms with E-state index < -0.39 is 0 Å². The van der Waals surface area contributed by atoms with Crippen LogP contribution in [0.25, 0.3) is 0 Å². The molecule has 4 rings (SSSR count). The number of carbonyl (C=O) groups is 1. The first-order valence-electron chi connectivity index (χ1n) is 11.0.